The lowest BCUT2D eigenvalue weighted by molar-refractivity contribution is 0.0611. The van der Waals surface area contributed by atoms with Crippen LogP contribution in [-0.2, 0) is 0 Å². The van der Waals surface area contributed by atoms with Crippen LogP contribution in [0.2, 0.25) is 0 Å². The van der Waals surface area contributed by atoms with Crippen LogP contribution >= 0.6 is 0 Å². The number of piperazine rings is 1. The maximum Gasteiger partial charge on any atom is 0.254 e. The molecule has 4 nitrogen and oxygen atoms in total. The highest BCUT2D eigenvalue weighted by Gasteiger charge is 2.27. The predicted octanol–water partition coefficient (Wildman–Crippen LogP) is 2.12. The Balaban J connectivity index is 1.85. The highest BCUT2D eigenvalue weighted by atomic mass is 16.2. The molecule has 0 spiro atoms. The van der Waals surface area contributed by atoms with E-state index in [9.17, 15) is 4.79 Å². The van der Waals surface area contributed by atoms with Crippen molar-refractivity contribution in [3.8, 4) is 6.07 Å². The van der Waals surface area contributed by atoms with Crippen molar-refractivity contribution in [3.05, 3.63) is 48.0 Å². The van der Waals surface area contributed by atoms with Gasteiger partial charge in [-0.15, -0.1) is 0 Å². The molecule has 1 heterocycles. The Bertz CT molecular complexity index is 719. The molecule has 0 N–H and O–H groups in total. The second-order valence-electron chi connectivity index (χ2n) is 5.44. The van der Waals surface area contributed by atoms with Gasteiger partial charge >= 0.3 is 0 Å². The smallest absolute Gasteiger partial charge is 0.254 e. The molecular formula is C17H17N3O. The van der Waals surface area contributed by atoms with Gasteiger partial charge in [0.1, 0.15) is 6.04 Å². The first kappa shape index (κ1) is 13.6. The lowest BCUT2D eigenvalue weighted by Crippen LogP contribution is -2.52. The third-order valence-corrected chi connectivity index (χ3v) is 4.08. The van der Waals surface area contributed by atoms with Crippen LogP contribution in [0.4, 0.5) is 0 Å². The van der Waals surface area contributed by atoms with Crippen molar-refractivity contribution in [2.45, 2.75) is 6.04 Å². The summed E-state index contributed by atoms with van der Waals surface area (Å²) in [6.45, 7) is 1.87. The summed E-state index contributed by atoms with van der Waals surface area (Å²) < 4.78 is 0. The molecule has 0 aromatic heterocycles. The van der Waals surface area contributed by atoms with Gasteiger partial charge in [0.15, 0.2) is 0 Å². The third-order valence-electron chi connectivity index (χ3n) is 4.08. The average Bonchev–Trinajstić information content (AvgIpc) is 2.54. The highest BCUT2D eigenvalue weighted by molar-refractivity contribution is 5.98. The maximum atomic E-state index is 12.6. The standard InChI is InChI=1S/C17H17N3O/c1-19-8-9-20(12-16(19)11-18)17(21)15-7-6-13-4-2-3-5-14(13)10-15/h2-7,10,16H,8-9,12H2,1H3. The van der Waals surface area contributed by atoms with Crippen molar-refractivity contribution in [2.75, 3.05) is 26.7 Å². The fraction of sp³-hybridized carbons (Fsp3) is 0.294. The molecule has 1 unspecified atom stereocenters. The quantitative estimate of drug-likeness (QED) is 0.803. The molecule has 1 fully saturated rings. The van der Waals surface area contributed by atoms with E-state index in [1.165, 1.54) is 0 Å². The summed E-state index contributed by atoms with van der Waals surface area (Å²) >= 11 is 0. The highest BCUT2D eigenvalue weighted by Crippen LogP contribution is 2.18. The van der Waals surface area contributed by atoms with Crippen LogP contribution in [0.25, 0.3) is 10.8 Å². The number of likely N-dealkylation sites (N-methyl/N-ethyl adjacent to an activating group) is 1. The molecule has 3 rings (SSSR count). The Kier molecular flexibility index (Phi) is 3.59. The van der Waals surface area contributed by atoms with Gasteiger partial charge in [0.2, 0.25) is 0 Å². The van der Waals surface area contributed by atoms with Crippen LogP contribution in [0.5, 0.6) is 0 Å². The van der Waals surface area contributed by atoms with Crippen molar-refractivity contribution >= 4 is 16.7 Å². The van der Waals surface area contributed by atoms with Crippen LogP contribution < -0.4 is 0 Å². The summed E-state index contributed by atoms with van der Waals surface area (Å²) in [4.78, 5) is 16.4. The molecule has 2 aromatic carbocycles. The topological polar surface area (TPSA) is 47.3 Å². The molecule has 21 heavy (non-hydrogen) atoms. The molecule has 1 aliphatic rings. The number of carbonyl (C=O) groups is 1. The molecule has 106 valence electrons. The number of hydrogen-bond donors (Lipinski definition) is 0. The SMILES string of the molecule is CN1CCN(C(=O)c2ccc3ccccc3c2)CC1C#N. The van der Waals surface area contributed by atoms with E-state index in [0.717, 1.165) is 17.3 Å². The molecule has 0 saturated carbocycles. The van der Waals surface area contributed by atoms with Crippen molar-refractivity contribution in [3.63, 3.8) is 0 Å². The van der Waals surface area contributed by atoms with Crippen LogP contribution in [0.15, 0.2) is 42.5 Å². The Morgan fingerprint density at radius 1 is 1.19 bits per heavy atom. The average molecular weight is 279 g/mol. The third kappa shape index (κ3) is 2.61. The number of nitriles is 1. The molecule has 0 bridgehead atoms. The summed E-state index contributed by atoms with van der Waals surface area (Å²) in [7, 11) is 1.92. The zero-order valence-corrected chi connectivity index (χ0v) is 12.0. The van der Waals surface area contributed by atoms with Gasteiger partial charge in [0.05, 0.1) is 6.07 Å². The van der Waals surface area contributed by atoms with Gasteiger partial charge in [-0.2, -0.15) is 5.26 Å². The summed E-state index contributed by atoms with van der Waals surface area (Å²) in [5.41, 5.74) is 0.690. The van der Waals surface area contributed by atoms with Gasteiger partial charge in [-0.3, -0.25) is 9.69 Å². The number of benzene rings is 2. The monoisotopic (exact) mass is 279 g/mol. The summed E-state index contributed by atoms with van der Waals surface area (Å²) in [6, 6.07) is 15.8. The first-order valence-electron chi connectivity index (χ1n) is 7.07. The number of amides is 1. The van der Waals surface area contributed by atoms with E-state index in [0.29, 0.717) is 18.7 Å². The number of hydrogen-bond acceptors (Lipinski definition) is 3. The maximum absolute atomic E-state index is 12.6. The van der Waals surface area contributed by atoms with E-state index in [1.807, 2.05) is 54.4 Å². The Labute approximate surface area is 124 Å². The second kappa shape index (κ2) is 5.55. The zero-order chi connectivity index (χ0) is 14.8. The summed E-state index contributed by atoms with van der Waals surface area (Å²) in [5.74, 6) is 0.00843. The molecule has 1 amide bonds. The number of fused-ring (bicyclic) bond motifs is 1. The minimum Gasteiger partial charge on any atom is -0.335 e. The normalized spacial score (nSPS) is 19.4. The fourth-order valence-electron chi connectivity index (χ4n) is 2.70. The van der Waals surface area contributed by atoms with E-state index in [2.05, 4.69) is 6.07 Å². The first-order chi connectivity index (χ1) is 10.2. The first-order valence-corrected chi connectivity index (χ1v) is 7.07. The van der Waals surface area contributed by atoms with Crippen LogP contribution in [-0.4, -0.2) is 48.4 Å². The minimum absolute atomic E-state index is 0.00843. The van der Waals surface area contributed by atoms with Gasteiger partial charge in [-0.05, 0) is 30.0 Å². The van der Waals surface area contributed by atoms with Crippen LogP contribution in [0.1, 0.15) is 10.4 Å². The summed E-state index contributed by atoms with van der Waals surface area (Å²) in [6.07, 6.45) is 0. The van der Waals surface area contributed by atoms with E-state index >= 15 is 0 Å². The van der Waals surface area contributed by atoms with Crippen molar-refractivity contribution in [1.29, 1.82) is 5.26 Å². The lowest BCUT2D eigenvalue weighted by atomic mass is 10.1. The van der Waals surface area contributed by atoms with Crippen molar-refractivity contribution < 1.29 is 4.79 Å². The Morgan fingerprint density at radius 2 is 1.95 bits per heavy atom. The molecule has 2 aromatic rings. The second-order valence-corrected chi connectivity index (χ2v) is 5.44. The molecule has 1 aliphatic heterocycles. The minimum atomic E-state index is -0.219. The molecule has 1 saturated heterocycles. The Morgan fingerprint density at radius 3 is 2.71 bits per heavy atom. The lowest BCUT2D eigenvalue weighted by Gasteiger charge is -2.36. The van der Waals surface area contributed by atoms with E-state index in [4.69, 9.17) is 5.26 Å². The number of rotatable bonds is 1. The van der Waals surface area contributed by atoms with E-state index < -0.39 is 0 Å². The van der Waals surface area contributed by atoms with Gasteiger partial charge in [0, 0.05) is 25.2 Å². The summed E-state index contributed by atoms with van der Waals surface area (Å²) in [5, 5.41) is 11.3. The van der Waals surface area contributed by atoms with Crippen molar-refractivity contribution in [1.82, 2.24) is 9.80 Å². The number of carbonyl (C=O) groups excluding carboxylic acids is 1. The fourth-order valence-corrected chi connectivity index (χ4v) is 2.70. The van der Waals surface area contributed by atoms with Gasteiger partial charge in [0.25, 0.3) is 5.91 Å². The van der Waals surface area contributed by atoms with Gasteiger partial charge in [-0.25, -0.2) is 0 Å². The number of nitrogens with zero attached hydrogens (tertiary/aromatic N) is 3. The van der Waals surface area contributed by atoms with Crippen LogP contribution in [0.3, 0.4) is 0 Å². The largest absolute Gasteiger partial charge is 0.335 e. The Hall–Kier alpha value is -2.38. The van der Waals surface area contributed by atoms with Gasteiger partial charge in [-0.1, -0.05) is 30.3 Å². The molecule has 1 atom stereocenters. The van der Waals surface area contributed by atoms with Crippen molar-refractivity contribution in [2.24, 2.45) is 0 Å². The zero-order valence-electron chi connectivity index (χ0n) is 12.0. The molecule has 4 heteroatoms. The van der Waals surface area contributed by atoms with E-state index in [-0.39, 0.29) is 11.9 Å². The van der Waals surface area contributed by atoms with E-state index in [1.54, 1.807) is 4.90 Å². The molecule has 0 aliphatic carbocycles. The molecule has 0 radical (unpaired) electrons. The predicted molar refractivity (Wildman–Crippen MR) is 81.9 cm³/mol. The molecular weight excluding hydrogens is 262 g/mol. The van der Waals surface area contributed by atoms with Gasteiger partial charge < -0.3 is 4.90 Å². The van der Waals surface area contributed by atoms with Crippen LogP contribution in [0, 0.1) is 11.3 Å².